The van der Waals surface area contributed by atoms with Crippen molar-refractivity contribution in [2.75, 3.05) is 32.4 Å². The predicted molar refractivity (Wildman–Crippen MR) is 105 cm³/mol. The van der Waals surface area contributed by atoms with Crippen molar-refractivity contribution >= 4 is 39.6 Å². The van der Waals surface area contributed by atoms with Crippen molar-refractivity contribution < 1.29 is 32.3 Å². The molecule has 1 aromatic carbocycles. The number of carbonyl (C=O) groups is 3. The lowest BCUT2D eigenvalue weighted by molar-refractivity contribution is -0.123. The van der Waals surface area contributed by atoms with Gasteiger partial charge in [0.05, 0.1) is 36.1 Å². The fraction of sp³-hybridized carbons (Fsp3) is 0.500. The quantitative estimate of drug-likeness (QED) is 0.618. The second kappa shape index (κ2) is 8.72. The van der Waals surface area contributed by atoms with Crippen LogP contribution in [0.15, 0.2) is 23.1 Å². The molecule has 1 saturated carbocycles. The van der Waals surface area contributed by atoms with Crippen LogP contribution in [0.2, 0.25) is 0 Å². The maximum absolute atomic E-state index is 13.4. The van der Waals surface area contributed by atoms with Crippen LogP contribution in [0.1, 0.15) is 33.6 Å². The maximum Gasteiger partial charge on any atom is 0.339 e. The zero-order chi connectivity index (χ0) is 21.2. The van der Waals surface area contributed by atoms with E-state index in [-0.39, 0.29) is 22.9 Å². The highest BCUT2D eigenvalue weighted by molar-refractivity contribution is 8.00. The van der Waals surface area contributed by atoms with Gasteiger partial charge in [-0.3, -0.25) is 4.79 Å². The van der Waals surface area contributed by atoms with Gasteiger partial charge in [0.2, 0.25) is 15.9 Å². The van der Waals surface area contributed by atoms with Crippen molar-refractivity contribution in [3.8, 4) is 0 Å². The summed E-state index contributed by atoms with van der Waals surface area (Å²) >= 11 is 1.30. The Kier molecular flexibility index (Phi) is 6.49. The number of thioether (sulfide) groups is 1. The summed E-state index contributed by atoms with van der Waals surface area (Å²) in [6.07, 6.45) is 2.12. The monoisotopic (exact) mass is 442 g/mol. The summed E-state index contributed by atoms with van der Waals surface area (Å²) in [7, 11) is -1.96. The van der Waals surface area contributed by atoms with Gasteiger partial charge in [0, 0.05) is 12.3 Å². The Morgan fingerprint density at radius 2 is 1.86 bits per heavy atom. The van der Waals surface area contributed by atoms with Crippen molar-refractivity contribution in [1.82, 2.24) is 9.62 Å². The van der Waals surface area contributed by atoms with Gasteiger partial charge in [-0.1, -0.05) is 0 Å². The highest BCUT2D eigenvalue weighted by atomic mass is 32.2. The van der Waals surface area contributed by atoms with Crippen LogP contribution in [0.5, 0.6) is 0 Å². The number of sulfonamides is 1. The average molecular weight is 443 g/mol. The molecule has 0 radical (unpaired) electrons. The summed E-state index contributed by atoms with van der Waals surface area (Å²) < 4.78 is 37.1. The molecule has 1 heterocycles. The normalized spacial score (nSPS) is 19.6. The number of amides is 1. The molecule has 29 heavy (non-hydrogen) atoms. The molecule has 9 nitrogen and oxygen atoms in total. The van der Waals surface area contributed by atoms with E-state index in [0.717, 1.165) is 30.3 Å². The smallest absolute Gasteiger partial charge is 0.339 e. The molecule has 1 aromatic rings. The lowest BCUT2D eigenvalue weighted by Crippen LogP contribution is -2.47. The molecule has 1 saturated heterocycles. The summed E-state index contributed by atoms with van der Waals surface area (Å²) in [4.78, 5) is 36.2. The molecule has 1 amide bonds. The average Bonchev–Trinajstić information content (AvgIpc) is 3.42. The number of benzene rings is 1. The fourth-order valence-electron chi connectivity index (χ4n) is 2.94. The first-order valence-corrected chi connectivity index (χ1v) is 11.6. The van der Waals surface area contributed by atoms with Gasteiger partial charge in [-0.2, -0.15) is 4.31 Å². The first-order chi connectivity index (χ1) is 13.8. The van der Waals surface area contributed by atoms with E-state index in [4.69, 9.17) is 0 Å². The maximum atomic E-state index is 13.4. The van der Waals surface area contributed by atoms with Crippen LogP contribution >= 0.6 is 11.8 Å². The molecule has 1 atom stereocenters. The Balaban J connectivity index is 1.96. The number of rotatable bonds is 7. The van der Waals surface area contributed by atoms with Crippen LogP contribution < -0.4 is 5.32 Å². The minimum atomic E-state index is -4.26. The third-order valence-corrected chi connectivity index (χ3v) is 7.87. The van der Waals surface area contributed by atoms with E-state index in [9.17, 15) is 22.8 Å². The van der Waals surface area contributed by atoms with Crippen LogP contribution in [-0.4, -0.2) is 69.0 Å². The molecular weight excluding hydrogens is 420 g/mol. The molecule has 3 rings (SSSR count). The molecule has 2 aliphatic rings. The first kappa shape index (κ1) is 21.6. The minimum Gasteiger partial charge on any atom is -0.465 e. The van der Waals surface area contributed by atoms with E-state index in [0.29, 0.717) is 18.2 Å². The second-order valence-electron chi connectivity index (χ2n) is 6.79. The number of ether oxygens (including phenoxy) is 2. The molecular formula is C18H22N2O7S2. The summed E-state index contributed by atoms with van der Waals surface area (Å²) in [5.41, 5.74) is -0.241. The number of carbonyl (C=O) groups excluding carboxylic acids is 3. The Hall–Kier alpha value is -2.11. The lowest BCUT2D eigenvalue weighted by atomic mass is 10.1. The SMILES string of the molecule is COC(=O)c1ccc(C(=O)OC)c(S(=O)(=O)N2CSCC2C(=O)NCC2CC2)c1. The zero-order valence-corrected chi connectivity index (χ0v) is 17.7. The van der Waals surface area contributed by atoms with Gasteiger partial charge in [0.25, 0.3) is 0 Å². The van der Waals surface area contributed by atoms with Crippen molar-refractivity contribution in [2.24, 2.45) is 5.92 Å². The minimum absolute atomic E-state index is 0.0275. The zero-order valence-electron chi connectivity index (χ0n) is 16.0. The van der Waals surface area contributed by atoms with E-state index >= 15 is 0 Å². The summed E-state index contributed by atoms with van der Waals surface area (Å²) in [5, 5.41) is 2.80. The molecule has 0 aromatic heterocycles. The number of hydrogen-bond acceptors (Lipinski definition) is 8. The van der Waals surface area contributed by atoms with E-state index in [1.165, 1.54) is 31.0 Å². The summed E-state index contributed by atoms with van der Waals surface area (Å²) in [5.74, 6) is -1.14. The lowest BCUT2D eigenvalue weighted by Gasteiger charge is -2.23. The molecule has 1 aliphatic heterocycles. The number of hydrogen-bond donors (Lipinski definition) is 1. The van der Waals surface area contributed by atoms with E-state index in [2.05, 4.69) is 14.8 Å². The van der Waals surface area contributed by atoms with Gasteiger partial charge in [-0.15, -0.1) is 11.8 Å². The Morgan fingerprint density at radius 1 is 1.17 bits per heavy atom. The van der Waals surface area contributed by atoms with Crippen LogP contribution in [-0.2, 0) is 24.3 Å². The molecule has 1 N–H and O–H groups in total. The molecule has 158 valence electrons. The molecule has 1 aliphatic carbocycles. The van der Waals surface area contributed by atoms with Gasteiger partial charge in [0.15, 0.2) is 0 Å². The van der Waals surface area contributed by atoms with Crippen LogP contribution in [0.25, 0.3) is 0 Å². The molecule has 0 bridgehead atoms. The van der Waals surface area contributed by atoms with Crippen molar-refractivity contribution in [2.45, 2.75) is 23.8 Å². The number of nitrogens with zero attached hydrogens (tertiary/aromatic N) is 1. The van der Waals surface area contributed by atoms with E-state index in [1.807, 2.05) is 0 Å². The third-order valence-electron chi connectivity index (χ3n) is 4.80. The molecule has 2 fully saturated rings. The van der Waals surface area contributed by atoms with Gasteiger partial charge in [0.1, 0.15) is 6.04 Å². The number of nitrogens with one attached hydrogen (secondary N) is 1. The van der Waals surface area contributed by atoms with Crippen molar-refractivity contribution in [3.63, 3.8) is 0 Å². The predicted octanol–water partition coefficient (Wildman–Crippen LogP) is 0.850. The summed E-state index contributed by atoms with van der Waals surface area (Å²) in [6, 6.07) is 2.68. The van der Waals surface area contributed by atoms with Crippen LogP contribution in [0, 0.1) is 5.92 Å². The standard InChI is InChI=1S/C18H22N2O7S2/c1-26-17(22)12-5-6-13(18(23)27-2)15(7-12)29(24,25)20-10-28-9-14(20)16(21)19-8-11-3-4-11/h5-7,11,14H,3-4,8-10H2,1-2H3,(H,19,21). The number of esters is 2. The van der Waals surface area contributed by atoms with Gasteiger partial charge in [-0.25, -0.2) is 18.0 Å². The van der Waals surface area contributed by atoms with Crippen molar-refractivity contribution in [1.29, 1.82) is 0 Å². The highest BCUT2D eigenvalue weighted by Crippen LogP contribution is 2.32. The Bertz CT molecular complexity index is 928. The number of methoxy groups -OCH3 is 2. The fourth-order valence-corrected chi connectivity index (χ4v) is 6.30. The highest BCUT2D eigenvalue weighted by Gasteiger charge is 2.42. The topological polar surface area (TPSA) is 119 Å². The van der Waals surface area contributed by atoms with Crippen LogP contribution in [0.4, 0.5) is 0 Å². The van der Waals surface area contributed by atoms with E-state index in [1.54, 1.807) is 0 Å². The first-order valence-electron chi connectivity index (χ1n) is 8.97. The Labute approximate surface area is 173 Å². The van der Waals surface area contributed by atoms with Gasteiger partial charge >= 0.3 is 11.9 Å². The van der Waals surface area contributed by atoms with Crippen molar-refractivity contribution in [3.05, 3.63) is 29.3 Å². The van der Waals surface area contributed by atoms with Crippen LogP contribution in [0.3, 0.4) is 0 Å². The van der Waals surface area contributed by atoms with Gasteiger partial charge in [-0.05, 0) is 37.0 Å². The second-order valence-corrected chi connectivity index (χ2v) is 9.65. The van der Waals surface area contributed by atoms with E-state index < -0.39 is 32.9 Å². The molecule has 1 unspecified atom stereocenters. The third kappa shape index (κ3) is 4.57. The molecule has 11 heteroatoms. The summed E-state index contributed by atoms with van der Waals surface area (Å²) in [6.45, 7) is 0.527. The van der Waals surface area contributed by atoms with Gasteiger partial charge < -0.3 is 14.8 Å². The Morgan fingerprint density at radius 3 is 2.48 bits per heavy atom. The molecule has 0 spiro atoms. The largest absolute Gasteiger partial charge is 0.465 e.